The molecule has 2 nitrogen and oxygen atoms in total. The van der Waals surface area contributed by atoms with Gasteiger partial charge in [-0.2, -0.15) is 0 Å². The van der Waals surface area contributed by atoms with Crippen LogP contribution in [-0.4, -0.2) is 12.5 Å². The van der Waals surface area contributed by atoms with Crippen molar-refractivity contribution >= 4 is 5.91 Å². The van der Waals surface area contributed by atoms with E-state index in [9.17, 15) is 4.79 Å². The number of rotatable bonds is 3. The smallest absolute Gasteiger partial charge is 0.225 e. The number of allylic oxidation sites excluding steroid dienone is 2. The molecule has 0 spiro atoms. The van der Waals surface area contributed by atoms with Crippen molar-refractivity contribution in [1.29, 1.82) is 0 Å². The lowest BCUT2D eigenvalue weighted by Crippen LogP contribution is -2.26. The van der Waals surface area contributed by atoms with E-state index < -0.39 is 0 Å². The number of hydrogen-bond donors (Lipinski definition) is 1. The van der Waals surface area contributed by atoms with Crippen LogP contribution in [0.2, 0.25) is 0 Å². The van der Waals surface area contributed by atoms with Crippen LogP contribution >= 0.6 is 0 Å². The molecule has 1 saturated carbocycles. The third-order valence-electron chi connectivity index (χ3n) is 3.07. The van der Waals surface area contributed by atoms with Crippen molar-refractivity contribution in [3.8, 4) is 12.3 Å². The maximum Gasteiger partial charge on any atom is 0.225 e. The fourth-order valence-electron chi connectivity index (χ4n) is 2.10. The molecule has 1 aliphatic rings. The molecule has 2 unspecified atom stereocenters. The van der Waals surface area contributed by atoms with Gasteiger partial charge >= 0.3 is 0 Å². The molecule has 2 atom stereocenters. The molecule has 0 bridgehead atoms. The summed E-state index contributed by atoms with van der Waals surface area (Å²) in [5.74, 6) is 2.95. The number of nitrogens with one attached hydrogen (secondary N) is 1. The van der Waals surface area contributed by atoms with Gasteiger partial charge in [0.25, 0.3) is 0 Å². The minimum Gasteiger partial charge on any atom is -0.345 e. The normalized spacial score (nSPS) is 26.3. The molecule has 15 heavy (non-hydrogen) atoms. The van der Waals surface area contributed by atoms with E-state index in [1.54, 1.807) is 0 Å². The molecule has 0 radical (unpaired) electrons. The monoisotopic (exact) mass is 205 g/mol. The molecule has 0 aromatic rings. The summed E-state index contributed by atoms with van der Waals surface area (Å²) < 4.78 is 0. The highest BCUT2D eigenvalue weighted by Gasteiger charge is 2.60. The quantitative estimate of drug-likeness (QED) is 0.554. The second kappa shape index (κ2) is 4.10. The molecule has 1 rings (SSSR count). The van der Waals surface area contributed by atoms with Crippen LogP contribution < -0.4 is 5.32 Å². The van der Waals surface area contributed by atoms with Crippen LogP contribution in [0.25, 0.3) is 0 Å². The van der Waals surface area contributed by atoms with E-state index in [2.05, 4.69) is 45.0 Å². The van der Waals surface area contributed by atoms with Gasteiger partial charge in [-0.15, -0.1) is 6.42 Å². The van der Waals surface area contributed by atoms with Crippen LogP contribution in [-0.2, 0) is 4.79 Å². The first-order chi connectivity index (χ1) is 6.91. The fourth-order valence-corrected chi connectivity index (χ4v) is 2.10. The van der Waals surface area contributed by atoms with Crippen LogP contribution in [0.3, 0.4) is 0 Å². The Hall–Kier alpha value is -1.23. The molecular weight excluding hydrogens is 186 g/mol. The van der Waals surface area contributed by atoms with E-state index in [1.807, 2.05) is 0 Å². The van der Waals surface area contributed by atoms with Crippen molar-refractivity contribution in [3.05, 3.63) is 11.6 Å². The molecule has 1 amide bonds. The van der Waals surface area contributed by atoms with Gasteiger partial charge < -0.3 is 5.32 Å². The van der Waals surface area contributed by atoms with Crippen LogP contribution in [0, 0.1) is 29.6 Å². The molecule has 0 saturated heterocycles. The molecule has 0 aromatic heterocycles. The first-order valence-electron chi connectivity index (χ1n) is 5.27. The number of terminal acetylenes is 1. The highest BCUT2D eigenvalue weighted by molar-refractivity contribution is 5.83. The van der Waals surface area contributed by atoms with E-state index in [0.717, 1.165) is 0 Å². The topological polar surface area (TPSA) is 29.1 Å². The Morgan fingerprint density at radius 1 is 1.53 bits per heavy atom. The number of carbonyl (C=O) groups is 1. The van der Waals surface area contributed by atoms with Gasteiger partial charge in [-0.3, -0.25) is 4.79 Å². The van der Waals surface area contributed by atoms with Gasteiger partial charge in [-0.25, -0.2) is 0 Å². The minimum absolute atomic E-state index is 0.0793. The van der Waals surface area contributed by atoms with Crippen molar-refractivity contribution in [3.63, 3.8) is 0 Å². The Morgan fingerprint density at radius 3 is 2.60 bits per heavy atom. The van der Waals surface area contributed by atoms with Crippen molar-refractivity contribution in [2.24, 2.45) is 17.3 Å². The van der Waals surface area contributed by atoms with E-state index in [0.29, 0.717) is 12.5 Å². The Balaban J connectivity index is 2.63. The van der Waals surface area contributed by atoms with Gasteiger partial charge in [0.05, 0.1) is 12.5 Å². The molecular formula is C13H19NO. The molecule has 1 aliphatic carbocycles. The van der Waals surface area contributed by atoms with Gasteiger partial charge in [-0.05, 0) is 25.2 Å². The Labute approximate surface area is 92.1 Å². The highest BCUT2D eigenvalue weighted by Crippen LogP contribution is 2.59. The van der Waals surface area contributed by atoms with Crippen molar-refractivity contribution < 1.29 is 4.79 Å². The summed E-state index contributed by atoms with van der Waals surface area (Å²) in [6.45, 7) is 8.69. The van der Waals surface area contributed by atoms with Crippen LogP contribution in [0.1, 0.15) is 27.7 Å². The van der Waals surface area contributed by atoms with Crippen LogP contribution in [0.5, 0.6) is 0 Å². The van der Waals surface area contributed by atoms with E-state index >= 15 is 0 Å². The lowest BCUT2D eigenvalue weighted by Gasteiger charge is -2.01. The van der Waals surface area contributed by atoms with Gasteiger partial charge in [0.1, 0.15) is 0 Å². The molecule has 1 fully saturated rings. The van der Waals surface area contributed by atoms with Crippen molar-refractivity contribution in [2.75, 3.05) is 6.54 Å². The average molecular weight is 205 g/mol. The Kier molecular flexibility index (Phi) is 3.24. The minimum atomic E-state index is 0.0793. The largest absolute Gasteiger partial charge is 0.345 e. The zero-order valence-corrected chi connectivity index (χ0v) is 9.92. The number of amides is 1. The summed E-state index contributed by atoms with van der Waals surface area (Å²) in [6.07, 6.45) is 7.28. The SMILES string of the molecule is C#CCNC(=O)C1C(C=C(C)C)C1(C)C. The average Bonchev–Trinajstić information content (AvgIpc) is 2.63. The molecule has 1 N–H and O–H groups in total. The van der Waals surface area contributed by atoms with Gasteiger partial charge in [0.2, 0.25) is 5.91 Å². The number of hydrogen-bond acceptors (Lipinski definition) is 1. The third kappa shape index (κ3) is 2.41. The van der Waals surface area contributed by atoms with E-state index in [4.69, 9.17) is 6.42 Å². The summed E-state index contributed by atoms with van der Waals surface area (Å²) >= 11 is 0. The van der Waals surface area contributed by atoms with Gasteiger partial charge in [-0.1, -0.05) is 31.4 Å². The molecule has 0 heterocycles. The van der Waals surface area contributed by atoms with Crippen LogP contribution in [0.4, 0.5) is 0 Å². The van der Waals surface area contributed by atoms with Gasteiger partial charge in [0, 0.05) is 0 Å². The van der Waals surface area contributed by atoms with Crippen LogP contribution in [0.15, 0.2) is 11.6 Å². The Bertz CT molecular complexity index is 329. The summed E-state index contributed by atoms with van der Waals surface area (Å²) in [6, 6.07) is 0. The zero-order chi connectivity index (χ0) is 11.6. The van der Waals surface area contributed by atoms with E-state index in [-0.39, 0.29) is 17.2 Å². The second-order valence-electron chi connectivity index (χ2n) is 4.99. The second-order valence-corrected chi connectivity index (χ2v) is 4.99. The number of carbonyl (C=O) groups excluding carboxylic acids is 1. The molecule has 2 heteroatoms. The zero-order valence-electron chi connectivity index (χ0n) is 9.92. The first kappa shape index (κ1) is 11.8. The highest BCUT2D eigenvalue weighted by atomic mass is 16.2. The predicted molar refractivity (Wildman–Crippen MR) is 62.0 cm³/mol. The van der Waals surface area contributed by atoms with E-state index in [1.165, 1.54) is 5.57 Å². The van der Waals surface area contributed by atoms with Gasteiger partial charge in [0.15, 0.2) is 0 Å². The molecule has 82 valence electrons. The summed E-state index contributed by atoms with van der Waals surface area (Å²) in [4.78, 5) is 11.7. The maximum atomic E-state index is 11.7. The summed E-state index contributed by atoms with van der Waals surface area (Å²) in [5.41, 5.74) is 1.34. The predicted octanol–water partition coefficient (Wildman–Crippen LogP) is 1.97. The lowest BCUT2D eigenvalue weighted by molar-refractivity contribution is -0.122. The standard InChI is InChI=1S/C13H19NO/c1-6-7-14-12(15)11-10(8-9(2)3)13(11,4)5/h1,8,10-11H,7H2,2-5H3,(H,14,15). The third-order valence-corrected chi connectivity index (χ3v) is 3.07. The lowest BCUT2D eigenvalue weighted by atomic mass is 10.1. The summed E-state index contributed by atoms with van der Waals surface area (Å²) in [5, 5.41) is 2.75. The maximum absolute atomic E-state index is 11.7. The summed E-state index contributed by atoms with van der Waals surface area (Å²) in [7, 11) is 0. The molecule has 0 aliphatic heterocycles. The van der Waals surface area contributed by atoms with Crippen molar-refractivity contribution in [2.45, 2.75) is 27.7 Å². The Morgan fingerprint density at radius 2 is 2.13 bits per heavy atom. The molecule has 0 aromatic carbocycles. The first-order valence-corrected chi connectivity index (χ1v) is 5.27. The van der Waals surface area contributed by atoms with Crippen molar-refractivity contribution in [1.82, 2.24) is 5.32 Å². The fraction of sp³-hybridized carbons (Fsp3) is 0.615.